The van der Waals surface area contributed by atoms with E-state index in [1.54, 1.807) is 4.90 Å². The number of piperidine rings is 1. The van der Waals surface area contributed by atoms with Crippen LogP contribution in [0.1, 0.15) is 70.3 Å². The number of amides is 4. The van der Waals surface area contributed by atoms with Gasteiger partial charge in [-0.25, -0.2) is 13.6 Å². The van der Waals surface area contributed by atoms with Crippen LogP contribution >= 0.6 is 0 Å². The normalized spacial score (nSPS) is 33.3. The van der Waals surface area contributed by atoms with Gasteiger partial charge in [-0.05, 0) is 63.9 Å². The molecule has 0 N–H and O–H groups in total. The van der Waals surface area contributed by atoms with Crippen molar-refractivity contribution in [3.05, 3.63) is 35.9 Å². The monoisotopic (exact) mass is 542 g/mol. The molecule has 4 amide bonds. The standard InChI is InChI=1S/C30H40F2N4O3/c1-19(2)36-29(39)35(18-26(31)32)28(38)30(36)13-23-11-12-24(14-30)34(23)16-22-15-33(27(37)21-9-6-10-21)17-25(22)20-7-4-3-5-8-20/h3-5,7-8,19,21-26H,6,9-18H2,1-2H3/t22-,23?,24?,25-,30?/m1/s1. The first-order valence-electron chi connectivity index (χ1n) is 14.7. The van der Waals surface area contributed by atoms with Crippen LogP contribution < -0.4 is 0 Å². The van der Waals surface area contributed by atoms with Crippen molar-refractivity contribution in [2.24, 2.45) is 11.8 Å². The van der Waals surface area contributed by atoms with E-state index in [2.05, 4.69) is 34.1 Å². The number of alkyl halides is 2. The molecule has 1 aromatic carbocycles. The predicted octanol–water partition coefficient (Wildman–Crippen LogP) is 4.33. The van der Waals surface area contributed by atoms with Crippen LogP contribution in [0.2, 0.25) is 0 Å². The van der Waals surface area contributed by atoms with Crippen LogP contribution in [0.15, 0.2) is 30.3 Å². The lowest BCUT2D eigenvalue weighted by atomic mass is 9.79. The van der Waals surface area contributed by atoms with E-state index in [-0.39, 0.29) is 35.9 Å². The predicted molar refractivity (Wildman–Crippen MR) is 142 cm³/mol. The maximum absolute atomic E-state index is 13.6. The molecular formula is C30H40F2N4O3. The van der Waals surface area contributed by atoms with Crippen molar-refractivity contribution >= 4 is 17.8 Å². The summed E-state index contributed by atoms with van der Waals surface area (Å²) in [6, 6.07) is 9.86. The zero-order valence-electron chi connectivity index (χ0n) is 23.0. The van der Waals surface area contributed by atoms with Crippen molar-refractivity contribution in [1.29, 1.82) is 0 Å². The fourth-order valence-corrected chi connectivity index (χ4v) is 8.25. The second kappa shape index (κ2) is 10.1. The van der Waals surface area contributed by atoms with Crippen molar-refractivity contribution in [2.45, 2.75) is 94.8 Å². The lowest BCUT2D eigenvalue weighted by molar-refractivity contribution is -0.139. The van der Waals surface area contributed by atoms with Crippen LogP contribution in [0.5, 0.6) is 0 Å². The first-order valence-corrected chi connectivity index (χ1v) is 14.7. The van der Waals surface area contributed by atoms with Gasteiger partial charge in [-0.2, -0.15) is 0 Å². The summed E-state index contributed by atoms with van der Waals surface area (Å²) in [5, 5.41) is 0. The van der Waals surface area contributed by atoms with Crippen LogP contribution in [-0.4, -0.2) is 93.7 Å². The minimum Gasteiger partial charge on any atom is -0.341 e. The van der Waals surface area contributed by atoms with Crippen LogP contribution in [0.25, 0.3) is 0 Å². The third kappa shape index (κ3) is 4.45. The fourth-order valence-electron chi connectivity index (χ4n) is 8.25. The summed E-state index contributed by atoms with van der Waals surface area (Å²) in [6.07, 6.45) is 3.22. The molecule has 2 bridgehead atoms. The van der Waals surface area contributed by atoms with Crippen LogP contribution in [0, 0.1) is 11.8 Å². The largest absolute Gasteiger partial charge is 0.341 e. The average Bonchev–Trinajstić information content (AvgIpc) is 3.45. The molecule has 4 aliphatic heterocycles. The summed E-state index contributed by atoms with van der Waals surface area (Å²) in [7, 11) is 0. The van der Waals surface area contributed by atoms with E-state index in [0.717, 1.165) is 56.6 Å². The lowest BCUT2D eigenvalue weighted by Crippen LogP contribution is -2.62. The number of urea groups is 1. The van der Waals surface area contributed by atoms with Gasteiger partial charge in [0.15, 0.2) is 0 Å². The summed E-state index contributed by atoms with van der Waals surface area (Å²) < 4.78 is 26.6. The highest BCUT2D eigenvalue weighted by molar-refractivity contribution is 6.07. The van der Waals surface area contributed by atoms with E-state index in [1.165, 1.54) is 5.56 Å². The number of likely N-dealkylation sites (tertiary alicyclic amines) is 1. The molecule has 9 heteroatoms. The molecule has 1 aromatic rings. The summed E-state index contributed by atoms with van der Waals surface area (Å²) in [5.74, 6) is 0.570. The summed E-state index contributed by atoms with van der Waals surface area (Å²) in [5.41, 5.74) is 0.223. The Balaban J connectivity index is 1.23. The molecule has 4 heterocycles. The van der Waals surface area contributed by atoms with E-state index in [1.807, 2.05) is 19.9 Å². The molecule has 7 nitrogen and oxygen atoms in total. The molecular weight excluding hydrogens is 502 g/mol. The molecule has 4 saturated heterocycles. The van der Waals surface area contributed by atoms with Gasteiger partial charge in [0.2, 0.25) is 5.91 Å². The SMILES string of the molecule is CC(C)N1C(=O)N(CC(F)F)C(=O)C12CC1CCC(C2)N1C[C@H]1CN(C(=O)C2CCC2)C[C@@H]1c1ccccc1. The molecule has 1 aliphatic carbocycles. The number of halogens is 2. The Bertz CT molecular complexity index is 1100. The molecule has 6 rings (SSSR count). The highest BCUT2D eigenvalue weighted by Gasteiger charge is 2.63. The van der Waals surface area contributed by atoms with Crippen molar-refractivity contribution in [1.82, 2.24) is 19.6 Å². The molecule has 0 aromatic heterocycles. The maximum Gasteiger partial charge on any atom is 0.328 e. The van der Waals surface area contributed by atoms with Gasteiger partial charge >= 0.3 is 6.03 Å². The Labute approximate surface area is 229 Å². The second-order valence-corrected chi connectivity index (χ2v) is 12.7. The van der Waals surface area contributed by atoms with Crippen LogP contribution in [0.4, 0.5) is 13.6 Å². The zero-order valence-corrected chi connectivity index (χ0v) is 23.0. The third-order valence-corrected chi connectivity index (χ3v) is 10.2. The highest BCUT2D eigenvalue weighted by atomic mass is 19.3. The van der Waals surface area contributed by atoms with Gasteiger partial charge in [-0.1, -0.05) is 36.8 Å². The number of imide groups is 1. The third-order valence-electron chi connectivity index (χ3n) is 10.2. The number of rotatable bonds is 7. The van der Waals surface area contributed by atoms with E-state index in [4.69, 9.17) is 0 Å². The summed E-state index contributed by atoms with van der Waals surface area (Å²) >= 11 is 0. The topological polar surface area (TPSA) is 64.2 Å². The number of fused-ring (bicyclic) bond motifs is 2. The van der Waals surface area contributed by atoms with Gasteiger partial charge in [-0.3, -0.25) is 19.4 Å². The zero-order chi connectivity index (χ0) is 27.5. The number of nitrogens with zero attached hydrogens (tertiary/aromatic N) is 4. The first-order chi connectivity index (χ1) is 18.7. The van der Waals surface area contributed by atoms with Crippen molar-refractivity contribution in [2.75, 3.05) is 26.2 Å². The Morgan fingerprint density at radius 1 is 1.00 bits per heavy atom. The number of carbonyl (C=O) groups is 3. The molecule has 2 unspecified atom stereocenters. The maximum atomic E-state index is 13.6. The Morgan fingerprint density at radius 3 is 2.23 bits per heavy atom. The van der Waals surface area contributed by atoms with Crippen LogP contribution in [0.3, 0.4) is 0 Å². The molecule has 0 radical (unpaired) electrons. The molecule has 5 fully saturated rings. The number of carbonyl (C=O) groups excluding carboxylic acids is 3. The molecule has 1 spiro atoms. The van der Waals surface area contributed by atoms with Gasteiger partial charge in [0.25, 0.3) is 12.3 Å². The molecule has 39 heavy (non-hydrogen) atoms. The molecule has 5 aliphatic rings. The van der Waals surface area contributed by atoms with E-state index < -0.39 is 30.4 Å². The van der Waals surface area contributed by atoms with Gasteiger partial charge < -0.3 is 9.80 Å². The van der Waals surface area contributed by atoms with Gasteiger partial charge in [-0.15, -0.1) is 0 Å². The fraction of sp³-hybridized carbons (Fsp3) is 0.700. The number of hydrogen-bond acceptors (Lipinski definition) is 4. The van der Waals surface area contributed by atoms with Crippen LogP contribution in [-0.2, 0) is 9.59 Å². The van der Waals surface area contributed by atoms with E-state index >= 15 is 0 Å². The number of benzene rings is 1. The number of hydrogen-bond donors (Lipinski definition) is 0. The Morgan fingerprint density at radius 2 is 1.67 bits per heavy atom. The quantitative estimate of drug-likeness (QED) is 0.481. The molecule has 212 valence electrons. The smallest absolute Gasteiger partial charge is 0.328 e. The van der Waals surface area contributed by atoms with Gasteiger partial charge in [0, 0.05) is 49.6 Å². The highest BCUT2D eigenvalue weighted by Crippen LogP contribution is 2.49. The van der Waals surface area contributed by atoms with Crippen molar-refractivity contribution in [3.8, 4) is 0 Å². The van der Waals surface area contributed by atoms with Crippen molar-refractivity contribution in [3.63, 3.8) is 0 Å². The minimum absolute atomic E-state index is 0.112. The average molecular weight is 543 g/mol. The van der Waals surface area contributed by atoms with E-state index in [0.29, 0.717) is 18.7 Å². The Hall–Kier alpha value is -2.55. The minimum atomic E-state index is -2.75. The second-order valence-electron chi connectivity index (χ2n) is 12.7. The molecule has 4 atom stereocenters. The molecule has 1 saturated carbocycles. The lowest BCUT2D eigenvalue weighted by Gasteiger charge is -2.48. The van der Waals surface area contributed by atoms with E-state index in [9.17, 15) is 23.2 Å². The summed E-state index contributed by atoms with van der Waals surface area (Å²) in [4.78, 5) is 47.0. The Kier molecular flexibility index (Phi) is 6.92. The van der Waals surface area contributed by atoms with Crippen molar-refractivity contribution < 1.29 is 23.2 Å². The van der Waals surface area contributed by atoms with Gasteiger partial charge in [0.1, 0.15) is 5.54 Å². The van der Waals surface area contributed by atoms with Gasteiger partial charge in [0.05, 0.1) is 6.54 Å². The summed E-state index contributed by atoms with van der Waals surface area (Å²) in [6.45, 7) is 5.21. The first kappa shape index (κ1) is 26.7.